The Labute approximate surface area is 143 Å². The van der Waals surface area contributed by atoms with Gasteiger partial charge in [-0.3, -0.25) is 4.79 Å². The summed E-state index contributed by atoms with van der Waals surface area (Å²) in [4.78, 5) is 12.8. The third-order valence-corrected chi connectivity index (χ3v) is 7.27. The van der Waals surface area contributed by atoms with Crippen LogP contribution in [-0.2, 0) is 20.0 Å². The Bertz CT molecular complexity index is 692. The molecule has 0 saturated heterocycles. The number of carboxylic acid groups (broad SMARTS) is 1. The molecule has 0 spiro atoms. The number of benzene rings is 1. The number of carboxylic acids is 1. The van der Waals surface area contributed by atoms with Gasteiger partial charge < -0.3 is 5.11 Å². The number of rotatable bonds is 4. The number of hydrogen-bond acceptors (Lipinski definition) is 4. The summed E-state index contributed by atoms with van der Waals surface area (Å²) in [5.74, 6) is -0.865. The molecule has 0 heterocycles. The Balaban J connectivity index is 2.70. The molecule has 1 fully saturated rings. The van der Waals surface area contributed by atoms with Crippen molar-refractivity contribution < 1.29 is 18.3 Å². The van der Waals surface area contributed by atoms with Gasteiger partial charge in [0.15, 0.2) is 9.84 Å². The van der Waals surface area contributed by atoms with Crippen LogP contribution in [0.2, 0.25) is 0 Å². The van der Waals surface area contributed by atoms with Gasteiger partial charge in [-0.15, -0.1) is 11.8 Å². The molecular formula is C15H19BrO4S2. The second-order valence-corrected chi connectivity index (χ2v) is 9.36. The van der Waals surface area contributed by atoms with E-state index in [1.54, 1.807) is 12.1 Å². The smallest absolute Gasteiger partial charge is 0.314 e. The van der Waals surface area contributed by atoms with E-state index >= 15 is 0 Å². The van der Waals surface area contributed by atoms with Crippen LogP contribution in [0.4, 0.5) is 0 Å². The molecule has 0 aliphatic heterocycles. The van der Waals surface area contributed by atoms with Gasteiger partial charge in [-0.1, -0.05) is 19.3 Å². The lowest BCUT2D eigenvalue weighted by Crippen LogP contribution is -2.38. The Morgan fingerprint density at radius 2 is 1.86 bits per heavy atom. The van der Waals surface area contributed by atoms with Crippen molar-refractivity contribution in [3.05, 3.63) is 22.2 Å². The lowest BCUT2D eigenvalue weighted by Gasteiger charge is -2.34. The van der Waals surface area contributed by atoms with Crippen molar-refractivity contribution in [2.45, 2.75) is 47.3 Å². The van der Waals surface area contributed by atoms with Crippen LogP contribution >= 0.6 is 27.7 Å². The van der Waals surface area contributed by atoms with E-state index < -0.39 is 21.2 Å². The van der Waals surface area contributed by atoms with E-state index in [1.807, 2.05) is 6.26 Å². The van der Waals surface area contributed by atoms with Crippen LogP contribution in [0, 0.1) is 0 Å². The van der Waals surface area contributed by atoms with Gasteiger partial charge in [-0.2, -0.15) is 0 Å². The molecule has 1 aliphatic carbocycles. The van der Waals surface area contributed by atoms with Gasteiger partial charge in [0.2, 0.25) is 0 Å². The molecule has 122 valence electrons. The van der Waals surface area contributed by atoms with Gasteiger partial charge in [0, 0.05) is 15.6 Å². The zero-order chi connectivity index (χ0) is 16.5. The predicted molar refractivity (Wildman–Crippen MR) is 91.4 cm³/mol. The number of hydrogen-bond donors (Lipinski definition) is 1. The Hall–Kier alpha value is -0.530. The molecule has 22 heavy (non-hydrogen) atoms. The van der Waals surface area contributed by atoms with E-state index in [2.05, 4.69) is 15.9 Å². The fourth-order valence-electron chi connectivity index (χ4n) is 3.10. The first kappa shape index (κ1) is 17.8. The molecule has 1 aromatic rings. The van der Waals surface area contributed by atoms with E-state index in [1.165, 1.54) is 11.8 Å². The number of sulfone groups is 1. The van der Waals surface area contributed by atoms with E-state index in [9.17, 15) is 18.3 Å². The molecule has 1 aromatic carbocycles. The monoisotopic (exact) mass is 406 g/mol. The van der Waals surface area contributed by atoms with E-state index in [0.717, 1.165) is 25.5 Å². The van der Waals surface area contributed by atoms with Crippen LogP contribution in [0.5, 0.6) is 0 Å². The number of carbonyl (C=O) groups is 1. The average Bonchev–Trinajstić information content (AvgIpc) is 2.46. The molecule has 0 unspecified atom stereocenters. The van der Waals surface area contributed by atoms with Gasteiger partial charge in [-0.05, 0) is 52.7 Å². The van der Waals surface area contributed by atoms with Crippen LogP contribution in [0.25, 0.3) is 0 Å². The molecule has 0 radical (unpaired) electrons. The van der Waals surface area contributed by atoms with E-state index in [-0.39, 0.29) is 4.90 Å². The lowest BCUT2D eigenvalue weighted by atomic mass is 9.69. The van der Waals surface area contributed by atoms with Crippen LogP contribution in [-0.4, -0.2) is 32.0 Å². The molecule has 0 atom stereocenters. The Morgan fingerprint density at radius 3 is 2.32 bits per heavy atom. The van der Waals surface area contributed by atoms with Crippen molar-refractivity contribution in [2.75, 3.05) is 12.5 Å². The molecule has 2 rings (SSSR count). The van der Waals surface area contributed by atoms with Crippen molar-refractivity contribution in [1.82, 2.24) is 0 Å². The Morgan fingerprint density at radius 1 is 1.27 bits per heavy atom. The summed E-state index contributed by atoms with van der Waals surface area (Å²) in [6.45, 7) is 0. The summed E-state index contributed by atoms with van der Waals surface area (Å²) in [7, 11) is -3.43. The predicted octanol–water partition coefficient (Wildman–Crippen LogP) is 3.86. The number of halogens is 1. The van der Waals surface area contributed by atoms with Crippen molar-refractivity contribution in [3.8, 4) is 0 Å². The highest BCUT2D eigenvalue weighted by Crippen LogP contribution is 2.43. The third-order valence-electron chi connectivity index (χ3n) is 4.28. The minimum atomic E-state index is -3.43. The van der Waals surface area contributed by atoms with Crippen molar-refractivity contribution in [2.24, 2.45) is 0 Å². The normalized spacial score (nSPS) is 18.1. The van der Waals surface area contributed by atoms with Crippen LogP contribution in [0.1, 0.15) is 37.7 Å². The minimum Gasteiger partial charge on any atom is -0.481 e. The summed E-state index contributed by atoms with van der Waals surface area (Å²) >= 11 is 4.75. The maximum Gasteiger partial charge on any atom is 0.314 e. The highest BCUT2D eigenvalue weighted by Gasteiger charge is 2.42. The first-order valence-electron chi connectivity index (χ1n) is 7.04. The van der Waals surface area contributed by atoms with Crippen LogP contribution in [0.15, 0.2) is 26.4 Å². The average molecular weight is 407 g/mol. The maximum absolute atomic E-state index is 12.1. The summed E-state index contributed by atoms with van der Waals surface area (Å²) in [6, 6.07) is 3.34. The quantitative estimate of drug-likeness (QED) is 0.768. The molecule has 4 nitrogen and oxygen atoms in total. The summed E-state index contributed by atoms with van der Waals surface area (Å²) in [5.41, 5.74) is -0.387. The van der Waals surface area contributed by atoms with Crippen LogP contribution in [0.3, 0.4) is 0 Å². The SMILES string of the molecule is CSc1c(Br)cc(C2(C(=O)O)CCCCC2)cc1S(C)(=O)=O. The highest BCUT2D eigenvalue weighted by molar-refractivity contribution is 9.10. The summed E-state index contributed by atoms with van der Waals surface area (Å²) in [5, 5.41) is 9.78. The molecular weight excluding hydrogens is 388 g/mol. The van der Waals surface area contributed by atoms with E-state index in [4.69, 9.17) is 0 Å². The second kappa shape index (κ2) is 6.53. The second-order valence-electron chi connectivity index (χ2n) is 5.71. The first-order chi connectivity index (χ1) is 10.2. The van der Waals surface area contributed by atoms with Gasteiger partial charge >= 0.3 is 5.97 Å². The zero-order valence-corrected chi connectivity index (χ0v) is 15.8. The molecule has 1 aliphatic rings. The van der Waals surface area contributed by atoms with E-state index in [0.29, 0.717) is 27.8 Å². The van der Waals surface area contributed by atoms with Gasteiger partial charge in [0.1, 0.15) is 0 Å². The minimum absolute atomic E-state index is 0.204. The molecule has 0 amide bonds. The van der Waals surface area contributed by atoms with Crippen molar-refractivity contribution in [1.29, 1.82) is 0 Å². The van der Waals surface area contributed by atoms with Crippen molar-refractivity contribution in [3.63, 3.8) is 0 Å². The van der Waals surface area contributed by atoms with Crippen LogP contribution < -0.4 is 0 Å². The molecule has 1 saturated carbocycles. The molecule has 7 heteroatoms. The summed E-state index contributed by atoms with van der Waals surface area (Å²) in [6.07, 6.45) is 6.80. The third kappa shape index (κ3) is 3.21. The summed E-state index contributed by atoms with van der Waals surface area (Å²) < 4.78 is 24.8. The largest absolute Gasteiger partial charge is 0.481 e. The molecule has 0 bridgehead atoms. The Kier molecular flexibility index (Phi) is 5.29. The fourth-order valence-corrected chi connectivity index (χ4v) is 6.18. The number of aliphatic carboxylic acids is 1. The molecule has 1 N–H and O–H groups in total. The number of thioether (sulfide) groups is 1. The van der Waals surface area contributed by atoms with Gasteiger partial charge in [0.05, 0.1) is 10.3 Å². The molecule has 0 aromatic heterocycles. The van der Waals surface area contributed by atoms with Gasteiger partial charge in [0.25, 0.3) is 0 Å². The lowest BCUT2D eigenvalue weighted by molar-refractivity contribution is -0.145. The maximum atomic E-state index is 12.1. The first-order valence-corrected chi connectivity index (χ1v) is 10.9. The fraction of sp³-hybridized carbons (Fsp3) is 0.533. The van der Waals surface area contributed by atoms with Crippen molar-refractivity contribution >= 4 is 43.5 Å². The van der Waals surface area contributed by atoms with Gasteiger partial charge in [-0.25, -0.2) is 8.42 Å². The highest BCUT2D eigenvalue weighted by atomic mass is 79.9. The zero-order valence-electron chi connectivity index (χ0n) is 12.6. The standard InChI is InChI=1S/C15H19BrO4S2/c1-21-13-11(16)8-10(9-12(13)22(2,19)20)15(14(17)18)6-4-3-5-7-15/h8-9H,3-7H2,1-2H3,(H,17,18). The topological polar surface area (TPSA) is 71.4 Å².